The minimum Gasteiger partial charge on any atom is -0.485 e. The van der Waals surface area contributed by atoms with Crippen LogP contribution in [0.4, 0.5) is 10.5 Å². The zero-order valence-electron chi connectivity index (χ0n) is 17.1. The molecule has 28 heavy (non-hydrogen) atoms. The maximum absolute atomic E-state index is 12.1. The van der Waals surface area contributed by atoms with Crippen molar-refractivity contribution in [2.45, 2.75) is 65.2 Å². The van der Waals surface area contributed by atoms with E-state index in [4.69, 9.17) is 14.2 Å². The summed E-state index contributed by atoms with van der Waals surface area (Å²) in [5, 5.41) is 13.6. The van der Waals surface area contributed by atoms with Crippen molar-refractivity contribution in [3.8, 4) is 5.75 Å². The molecule has 9 heteroatoms. The maximum atomic E-state index is 12.1. The van der Waals surface area contributed by atoms with Crippen LogP contribution >= 0.6 is 0 Å². The smallest absolute Gasteiger partial charge is 0.408 e. The van der Waals surface area contributed by atoms with Gasteiger partial charge in [-0.15, -0.1) is 0 Å². The zero-order chi connectivity index (χ0) is 21.5. The van der Waals surface area contributed by atoms with Crippen molar-refractivity contribution in [1.82, 2.24) is 5.32 Å². The molecule has 1 rings (SSSR count). The van der Waals surface area contributed by atoms with Crippen LogP contribution < -0.4 is 10.1 Å². The van der Waals surface area contributed by atoms with E-state index in [-0.39, 0.29) is 24.5 Å². The van der Waals surface area contributed by atoms with Gasteiger partial charge < -0.3 is 19.5 Å². The SMILES string of the molecule is CC(C)(C)OC(=O)C[C@@H](COc1ccccc1[N+](=O)[O-])NC(=O)OC(C)(C)C. The van der Waals surface area contributed by atoms with Gasteiger partial charge in [0, 0.05) is 6.07 Å². The Bertz CT molecular complexity index is 675. The molecule has 0 aliphatic rings. The second kappa shape index (κ2) is 9.38. The molecule has 0 aliphatic carbocycles. The minimum atomic E-state index is -0.801. The molecule has 0 saturated heterocycles. The number of para-hydroxylation sites is 2. The van der Waals surface area contributed by atoms with Gasteiger partial charge in [-0.05, 0) is 47.6 Å². The molecule has 0 bridgehead atoms. The molecule has 0 unspecified atom stereocenters. The topological polar surface area (TPSA) is 117 Å². The van der Waals surface area contributed by atoms with Crippen LogP contribution in [-0.4, -0.2) is 40.8 Å². The van der Waals surface area contributed by atoms with Crippen LogP contribution in [0.2, 0.25) is 0 Å². The first kappa shape index (κ1) is 23.2. The summed E-state index contributed by atoms with van der Waals surface area (Å²) in [6, 6.07) is 5.05. The Hall–Kier alpha value is -2.84. The lowest BCUT2D eigenvalue weighted by atomic mass is 10.1. The summed E-state index contributed by atoms with van der Waals surface area (Å²) in [5.74, 6) is -0.507. The summed E-state index contributed by atoms with van der Waals surface area (Å²) in [7, 11) is 0. The molecule has 1 aromatic carbocycles. The summed E-state index contributed by atoms with van der Waals surface area (Å²) in [4.78, 5) is 34.7. The second-order valence-electron chi connectivity index (χ2n) is 8.17. The number of carbonyl (C=O) groups is 2. The maximum Gasteiger partial charge on any atom is 0.408 e. The fraction of sp³-hybridized carbons (Fsp3) is 0.579. The third kappa shape index (κ3) is 9.20. The predicted molar refractivity (Wildman–Crippen MR) is 102 cm³/mol. The van der Waals surface area contributed by atoms with E-state index in [1.54, 1.807) is 47.6 Å². The number of esters is 1. The molecule has 0 radical (unpaired) electrons. The van der Waals surface area contributed by atoms with Gasteiger partial charge >= 0.3 is 17.7 Å². The average molecular weight is 396 g/mol. The Balaban J connectivity index is 2.86. The van der Waals surface area contributed by atoms with E-state index in [2.05, 4.69) is 5.32 Å². The molecule has 0 fully saturated rings. The lowest BCUT2D eigenvalue weighted by Gasteiger charge is -2.25. The number of nitro benzene ring substituents is 1. The quantitative estimate of drug-likeness (QED) is 0.425. The monoisotopic (exact) mass is 396 g/mol. The number of hydrogen-bond acceptors (Lipinski definition) is 7. The van der Waals surface area contributed by atoms with Crippen molar-refractivity contribution < 1.29 is 28.7 Å². The summed E-state index contributed by atoms with van der Waals surface area (Å²) in [5.41, 5.74) is -1.62. The molecule has 0 aliphatic heterocycles. The summed E-state index contributed by atoms with van der Waals surface area (Å²) in [6.45, 7) is 10.1. The molecular weight excluding hydrogens is 368 g/mol. The summed E-state index contributed by atoms with van der Waals surface area (Å²) < 4.78 is 16.0. The van der Waals surface area contributed by atoms with Gasteiger partial charge in [-0.3, -0.25) is 14.9 Å². The number of nitro groups is 1. The van der Waals surface area contributed by atoms with E-state index in [1.165, 1.54) is 18.2 Å². The van der Waals surface area contributed by atoms with Crippen molar-refractivity contribution >= 4 is 17.7 Å². The van der Waals surface area contributed by atoms with Crippen LogP contribution in [0.5, 0.6) is 5.75 Å². The second-order valence-corrected chi connectivity index (χ2v) is 8.17. The fourth-order valence-electron chi connectivity index (χ4n) is 2.13. The Morgan fingerprint density at radius 1 is 1.07 bits per heavy atom. The molecular formula is C19H28N2O7. The van der Waals surface area contributed by atoms with Crippen LogP contribution in [0, 0.1) is 10.1 Å². The normalized spacial score (nSPS) is 12.6. The number of benzene rings is 1. The van der Waals surface area contributed by atoms with E-state index in [0.29, 0.717) is 0 Å². The Morgan fingerprint density at radius 3 is 2.18 bits per heavy atom. The van der Waals surface area contributed by atoms with E-state index < -0.39 is 34.2 Å². The zero-order valence-corrected chi connectivity index (χ0v) is 17.1. The van der Waals surface area contributed by atoms with Crippen molar-refractivity contribution in [2.24, 2.45) is 0 Å². The molecule has 0 spiro atoms. The first-order chi connectivity index (χ1) is 12.8. The molecule has 0 saturated carbocycles. The van der Waals surface area contributed by atoms with Gasteiger partial charge in [0.15, 0.2) is 5.75 Å². The number of nitrogens with zero attached hydrogens (tertiary/aromatic N) is 1. The van der Waals surface area contributed by atoms with Crippen LogP contribution in [0.25, 0.3) is 0 Å². The molecule has 1 aromatic rings. The number of rotatable bonds is 7. The lowest BCUT2D eigenvalue weighted by Crippen LogP contribution is -2.44. The predicted octanol–water partition coefficient (Wildman–Crippen LogP) is 3.60. The van der Waals surface area contributed by atoms with E-state index in [0.717, 1.165) is 0 Å². The van der Waals surface area contributed by atoms with Crippen LogP contribution in [0.3, 0.4) is 0 Å². The molecule has 156 valence electrons. The van der Waals surface area contributed by atoms with Crippen molar-refractivity contribution in [1.29, 1.82) is 0 Å². The van der Waals surface area contributed by atoms with Gasteiger partial charge in [0.05, 0.1) is 17.4 Å². The Morgan fingerprint density at radius 2 is 1.64 bits per heavy atom. The first-order valence-electron chi connectivity index (χ1n) is 8.84. The fourth-order valence-corrected chi connectivity index (χ4v) is 2.13. The van der Waals surface area contributed by atoms with Gasteiger partial charge in [-0.25, -0.2) is 4.79 Å². The number of hydrogen-bond donors (Lipinski definition) is 1. The Kier molecular flexibility index (Phi) is 7.78. The highest BCUT2D eigenvalue weighted by molar-refractivity contribution is 5.73. The average Bonchev–Trinajstić information content (AvgIpc) is 2.49. The third-order valence-corrected chi connectivity index (χ3v) is 3.06. The van der Waals surface area contributed by atoms with E-state index in [1.807, 2.05) is 0 Å². The summed E-state index contributed by atoms with van der Waals surface area (Å²) in [6.07, 6.45) is -0.913. The third-order valence-electron chi connectivity index (χ3n) is 3.06. The number of nitrogens with one attached hydrogen (secondary N) is 1. The van der Waals surface area contributed by atoms with Crippen LogP contribution in [0.1, 0.15) is 48.0 Å². The Labute approximate surface area is 164 Å². The van der Waals surface area contributed by atoms with Gasteiger partial charge in [-0.2, -0.15) is 0 Å². The number of ether oxygens (including phenoxy) is 3. The van der Waals surface area contributed by atoms with Gasteiger partial charge in [0.25, 0.3) is 0 Å². The molecule has 1 N–H and O–H groups in total. The highest BCUT2D eigenvalue weighted by atomic mass is 16.6. The minimum absolute atomic E-state index is 0.0349. The molecule has 1 atom stereocenters. The van der Waals surface area contributed by atoms with E-state index in [9.17, 15) is 19.7 Å². The number of amides is 1. The lowest BCUT2D eigenvalue weighted by molar-refractivity contribution is -0.385. The summed E-state index contributed by atoms with van der Waals surface area (Å²) >= 11 is 0. The van der Waals surface area contributed by atoms with Crippen molar-refractivity contribution in [3.05, 3.63) is 34.4 Å². The van der Waals surface area contributed by atoms with Crippen molar-refractivity contribution in [3.63, 3.8) is 0 Å². The number of alkyl carbamates (subject to hydrolysis) is 1. The largest absolute Gasteiger partial charge is 0.485 e. The molecule has 0 aromatic heterocycles. The van der Waals surface area contributed by atoms with Gasteiger partial charge in [-0.1, -0.05) is 12.1 Å². The highest BCUT2D eigenvalue weighted by Crippen LogP contribution is 2.26. The van der Waals surface area contributed by atoms with Crippen LogP contribution in [0.15, 0.2) is 24.3 Å². The van der Waals surface area contributed by atoms with E-state index >= 15 is 0 Å². The van der Waals surface area contributed by atoms with Gasteiger partial charge in [0.1, 0.15) is 17.8 Å². The van der Waals surface area contributed by atoms with Crippen molar-refractivity contribution in [2.75, 3.05) is 6.61 Å². The van der Waals surface area contributed by atoms with Crippen LogP contribution in [-0.2, 0) is 14.3 Å². The molecule has 1 amide bonds. The standard InChI is InChI=1S/C19H28N2O7/c1-18(2,3)27-16(22)11-13(20-17(23)28-19(4,5)6)12-26-15-10-8-7-9-14(15)21(24)25/h7-10,13H,11-12H2,1-6H3,(H,20,23)/t13-/m0/s1. The first-order valence-corrected chi connectivity index (χ1v) is 8.84. The molecule has 9 nitrogen and oxygen atoms in total. The number of carbonyl (C=O) groups excluding carboxylic acids is 2. The van der Waals surface area contributed by atoms with Gasteiger partial charge in [0.2, 0.25) is 0 Å². The molecule has 0 heterocycles. The highest BCUT2D eigenvalue weighted by Gasteiger charge is 2.25.